The van der Waals surface area contributed by atoms with E-state index in [9.17, 15) is 4.79 Å². The Labute approximate surface area is 103 Å². The number of hydrogen-bond donors (Lipinski definition) is 0. The van der Waals surface area contributed by atoms with Crippen molar-refractivity contribution in [2.45, 2.75) is 0 Å². The van der Waals surface area contributed by atoms with Gasteiger partial charge in [-0.25, -0.2) is 4.79 Å². The van der Waals surface area contributed by atoms with Gasteiger partial charge in [-0.3, -0.25) is 0 Å². The Morgan fingerprint density at radius 2 is 2.06 bits per heavy atom. The average molecular weight is 233 g/mol. The summed E-state index contributed by atoms with van der Waals surface area (Å²) in [6.07, 6.45) is 1.82. The van der Waals surface area contributed by atoms with Crippen LogP contribution in [0, 0.1) is 5.92 Å². The molecule has 3 heteroatoms. The van der Waals surface area contributed by atoms with Crippen molar-refractivity contribution in [1.29, 1.82) is 0 Å². The van der Waals surface area contributed by atoms with E-state index < -0.39 is 0 Å². The fourth-order valence-electron chi connectivity index (χ4n) is 1.50. The molecule has 1 aromatic rings. The summed E-state index contributed by atoms with van der Waals surface area (Å²) in [6.45, 7) is 4.94. The van der Waals surface area contributed by atoms with Crippen LogP contribution < -0.4 is 0 Å². The molecule has 0 bridgehead atoms. The van der Waals surface area contributed by atoms with Crippen LogP contribution in [0.4, 0.5) is 0 Å². The lowest BCUT2D eigenvalue weighted by Gasteiger charge is -2.17. The van der Waals surface area contributed by atoms with Crippen molar-refractivity contribution >= 4 is 5.97 Å². The van der Waals surface area contributed by atoms with Crippen LogP contribution in [0.3, 0.4) is 0 Å². The van der Waals surface area contributed by atoms with Crippen LogP contribution in [0.1, 0.15) is 10.4 Å². The number of carbonyl (C=O) groups is 1. The minimum Gasteiger partial charge on any atom is -0.461 e. The first-order valence-corrected chi connectivity index (χ1v) is 5.63. The van der Waals surface area contributed by atoms with Gasteiger partial charge in [-0.2, -0.15) is 0 Å². The number of carbonyl (C=O) groups excluding carboxylic acids is 1. The third-order valence-corrected chi connectivity index (χ3v) is 2.37. The van der Waals surface area contributed by atoms with Gasteiger partial charge < -0.3 is 9.64 Å². The van der Waals surface area contributed by atoms with Crippen molar-refractivity contribution in [2.75, 3.05) is 27.2 Å². The van der Waals surface area contributed by atoms with E-state index in [1.807, 2.05) is 43.3 Å². The largest absolute Gasteiger partial charge is 0.461 e. The molecule has 0 spiro atoms. The Balaban J connectivity index is 2.44. The Morgan fingerprint density at radius 1 is 1.41 bits per heavy atom. The first-order chi connectivity index (χ1) is 8.13. The van der Waals surface area contributed by atoms with Crippen LogP contribution in [0.5, 0.6) is 0 Å². The van der Waals surface area contributed by atoms with Crippen molar-refractivity contribution in [2.24, 2.45) is 5.92 Å². The molecule has 0 amide bonds. The molecule has 0 saturated carbocycles. The van der Waals surface area contributed by atoms with Gasteiger partial charge in [0.05, 0.1) is 12.2 Å². The van der Waals surface area contributed by atoms with E-state index in [1.165, 1.54) is 0 Å². The maximum absolute atomic E-state index is 11.7. The van der Waals surface area contributed by atoms with E-state index in [-0.39, 0.29) is 11.9 Å². The summed E-state index contributed by atoms with van der Waals surface area (Å²) < 4.78 is 5.25. The highest BCUT2D eigenvalue weighted by Crippen LogP contribution is 2.05. The molecule has 0 aliphatic heterocycles. The molecule has 0 heterocycles. The average Bonchev–Trinajstić information content (AvgIpc) is 2.34. The molecule has 0 aliphatic carbocycles. The minimum absolute atomic E-state index is 0.165. The highest BCUT2D eigenvalue weighted by atomic mass is 16.5. The monoisotopic (exact) mass is 233 g/mol. The highest BCUT2D eigenvalue weighted by molar-refractivity contribution is 5.89. The molecule has 92 valence electrons. The summed E-state index contributed by atoms with van der Waals surface area (Å²) in [5.74, 6) is -0.117. The Bertz CT molecular complexity index is 360. The lowest BCUT2D eigenvalue weighted by molar-refractivity contribution is 0.0451. The second-order valence-corrected chi connectivity index (χ2v) is 4.22. The van der Waals surface area contributed by atoms with E-state index in [4.69, 9.17) is 4.74 Å². The van der Waals surface area contributed by atoms with Crippen LogP contribution in [0.15, 0.2) is 43.0 Å². The first kappa shape index (κ1) is 13.5. The van der Waals surface area contributed by atoms with E-state index in [0.29, 0.717) is 12.2 Å². The van der Waals surface area contributed by atoms with Gasteiger partial charge in [0.2, 0.25) is 0 Å². The molecule has 1 unspecified atom stereocenters. The SMILES string of the molecule is C=CC(COC(=O)c1ccccc1)CN(C)C. The maximum Gasteiger partial charge on any atom is 0.338 e. The van der Waals surface area contributed by atoms with Crippen molar-refractivity contribution in [3.8, 4) is 0 Å². The number of benzene rings is 1. The molecule has 3 nitrogen and oxygen atoms in total. The van der Waals surface area contributed by atoms with Crippen LogP contribution in [-0.2, 0) is 4.74 Å². The standard InChI is InChI=1S/C14H19NO2/c1-4-12(10-15(2)3)11-17-14(16)13-8-6-5-7-9-13/h4-9,12H,1,10-11H2,2-3H3. The zero-order chi connectivity index (χ0) is 12.7. The van der Waals surface area contributed by atoms with Gasteiger partial charge in [-0.1, -0.05) is 24.3 Å². The van der Waals surface area contributed by atoms with Gasteiger partial charge in [0.1, 0.15) is 0 Å². The van der Waals surface area contributed by atoms with Gasteiger partial charge >= 0.3 is 5.97 Å². The van der Waals surface area contributed by atoms with Crippen LogP contribution in [0.2, 0.25) is 0 Å². The summed E-state index contributed by atoms with van der Waals surface area (Å²) >= 11 is 0. The van der Waals surface area contributed by atoms with Crippen molar-refractivity contribution in [3.63, 3.8) is 0 Å². The second kappa shape index (κ2) is 6.86. The Hall–Kier alpha value is -1.61. The predicted octanol–water partition coefficient (Wildman–Crippen LogP) is 2.21. The molecule has 1 aromatic carbocycles. The molecule has 0 aromatic heterocycles. The zero-order valence-corrected chi connectivity index (χ0v) is 10.4. The Kier molecular flexibility index (Phi) is 5.43. The summed E-state index contributed by atoms with van der Waals surface area (Å²) in [5, 5.41) is 0. The third kappa shape index (κ3) is 4.83. The molecule has 0 saturated heterocycles. The predicted molar refractivity (Wildman–Crippen MR) is 69.0 cm³/mol. The van der Waals surface area contributed by atoms with E-state index >= 15 is 0 Å². The smallest absolute Gasteiger partial charge is 0.338 e. The fraction of sp³-hybridized carbons (Fsp3) is 0.357. The van der Waals surface area contributed by atoms with Gasteiger partial charge in [-0.15, -0.1) is 6.58 Å². The van der Waals surface area contributed by atoms with E-state index in [1.54, 1.807) is 12.1 Å². The number of hydrogen-bond acceptors (Lipinski definition) is 3. The van der Waals surface area contributed by atoms with Crippen LogP contribution in [-0.4, -0.2) is 38.1 Å². The zero-order valence-electron chi connectivity index (χ0n) is 10.4. The molecule has 0 fully saturated rings. The number of nitrogens with zero attached hydrogens (tertiary/aromatic N) is 1. The van der Waals surface area contributed by atoms with Crippen molar-refractivity contribution < 1.29 is 9.53 Å². The molecule has 17 heavy (non-hydrogen) atoms. The minimum atomic E-state index is -0.281. The summed E-state index contributed by atoms with van der Waals surface area (Å²) in [5.41, 5.74) is 0.583. The van der Waals surface area contributed by atoms with Crippen LogP contribution in [0.25, 0.3) is 0 Å². The van der Waals surface area contributed by atoms with Crippen molar-refractivity contribution in [1.82, 2.24) is 4.90 Å². The Morgan fingerprint density at radius 3 is 2.59 bits per heavy atom. The van der Waals surface area contributed by atoms with Gasteiger partial charge in [0.25, 0.3) is 0 Å². The maximum atomic E-state index is 11.7. The molecule has 1 atom stereocenters. The topological polar surface area (TPSA) is 29.5 Å². The number of esters is 1. The molecular formula is C14H19NO2. The third-order valence-electron chi connectivity index (χ3n) is 2.37. The van der Waals surface area contributed by atoms with E-state index in [0.717, 1.165) is 6.54 Å². The quantitative estimate of drug-likeness (QED) is 0.557. The fourth-order valence-corrected chi connectivity index (χ4v) is 1.50. The lowest BCUT2D eigenvalue weighted by atomic mass is 10.1. The summed E-state index contributed by atoms with van der Waals surface area (Å²) in [6, 6.07) is 9.01. The summed E-state index contributed by atoms with van der Waals surface area (Å²) in [4.78, 5) is 13.7. The normalized spacial score (nSPS) is 12.2. The van der Waals surface area contributed by atoms with Crippen LogP contribution >= 0.6 is 0 Å². The highest BCUT2D eigenvalue weighted by Gasteiger charge is 2.11. The van der Waals surface area contributed by atoms with Gasteiger partial charge in [0, 0.05) is 12.5 Å². The van der Waals surface area contributed by atoms with Gasteiger partial charge in [0.15, 0.2) is 0 Å². The van der Waals surface area contributed by atoms with Crippen molar-refractivity contribution in [3.05, 3.63) is 48.6 Å². The molecular weight excluding hydrogens is 214 g/mol. The number of ether oxygens (including phenoxy) is 1. The number of rotatable bonds is 6. The molecule has 0 radical (unpaired) electrons. The molecule has 0 N–H and O–H groups in total. The second-order valence-electron chi connectivity index (χ2n) is 4.22. The molecule has 0 aliphatic rings. The summed E-state index contributed by atoms with van der Waals surface area (Å²) in [7, 11) is 3.96. The van der Waals surface area contributed by atoms with E-state index in [2.05, 4.69) is 6.58 Å². The first-order valence-electron chi connectivity index (χ1n) is 5.63. The lowest BCUT2D eigenvalue weighted by Crippen LogP contribution is -2.24. The van der Waals surface area contributed by atoms with Gasteiger partial charge in [-0.05, 0) is 26.2 Å². The molecule has 1 rings (SSSR count).